The van der Waals surface area contributed by atoms with Gasteiger partial charge < -0.3 is 20.7 Å². The highest BCUT2D eigenvalue weighted by molar-refractivity contribution is 5.67. The van der Waals surface area contributed by atoms with Crippen LogP contribution in [0.3, 0.4) is 0 Å². The molecular formula is C30H37FN6O. The molecule has 2 heterocycles. The van der Waals surface area contributed by atoms with Gasteiger partial charge in [-0.05, 0) is 81.3 Å². The van der Waals surface area contributed by atoms with E-state index < -0.39 is 5.82 Å². The lowest BCUT2D eigenvalue weighted by atomic mass is 9.86. The summed E-state index contributed by atoms with van der Waals surface area (Å²) in [6.45, 7) is 5.57. The number of halogens is 1. The molecule has 0 spiro atoms. The maximum absolute atomic E-state index is 14.5. The quantitative estimate of drug-likeness (QED) is 0.412. The minimum atomic E-state index is -0.533. The van der Waals surface area contributed by atoms with Crippen LogP contribution in [0.25, 0.3) is 16.9 Å². The Balaban J connectivity index is 1.38. The van der Waals surface area contributed by atoms with Gasteiger partial charge in [-0.3, -0.25) is 0 Å². The van der Waals surface area contributed by atoms with Crippen LogP contribution in [-0.4, -0.2) is 48.2 Å². The number of hydrogen-bond acceptors (Lipinski definition) is 6. The second-order valence-electron chi connectivity index (χ2n) is 10.5. The molecular weight excluding hydrogens is 479 g/mol. The first-order chi connectivity index (χ1) is 18.5. The van der Waals surface area contributed by atoms with Gasteiger partial charge in [0.2, 0.25) is 0 Å². The topological polar surface area (TPSA) is 92.1 Å². The number of piperidine rings is 1. The van der Waals surface area contributed by atoms with Gasteiger partial charge in [0, 0.05) is 49.6 Å². The number of anilines is 2. The highest BCUT2D eigenvalue weighted by atomic mass is 19.1. The number of nitrogens with one attached hydrogen (secondary N) is 1. The molecule has 1 aliphatic carbocycles. The Hall–Kier alpha value is -3.41. The summed E-state index contributed by atoms with van der Waals surface area (Å²) in [6, 6.07) is 17.2. The molecule has 3 aromatic rings. The standard InChI is InChI=1S/C30H37FN6O/c1-2-38-27-12-14-36(15-13-27)25-8-10-26(11-9-25)37-29(22-6-7-23(19-32)28(31)17-22)18-30(35-37)34-20-21-4-3-5-24(33)16-21/h6-11,17-18,21,24,27H,2-5,12-16,20,33H2,1H3,(H,34,35)/t21-,24-/m0/s1. The zero-order valence-corrected chi connectivity index (χ0v) is 22.1. The van der Waals surface area contributed by atoms with Crippen molar-refractivity contribution in [2.45, 2.75) is 57.6 Å². The van der Waals surface area contributed by atoms with Gasteiger partial charge in [0.25, 0.3) is 0 Å². The van der Waals surface area contributed by atoms with Crippen LogP contribution in [0.5, 0.6) is 0 Å². The molecule has 1 aliphatic heterocycles. The van der Waals surface area contributed by atoms with Crippen molar-refractivity contribution in [2.24, 2.45) is 11.7 Å². The number of benzene rings is 2. The summed E-state index contributed by atoms with van der Waals surface area (Å²) in [7, 11) is 0. The largest absolute Gasteiger partial charge is 0.378 e. The van der Waals surface area contributed by atoms with Gasteiger partial charge in [0.15, 0.2) is 0 Å². The molecule has 8 heteroatoms. The summed E-state index contributed by atoms with van der Waals surface area (Å²) < 4.78 is 22.2. The third kappa shape index (κ3) is 6.01. The van der Waals surface area contributed by atoms with Crippen molar-refractivity contribution in [3.05, 3.63) is 59.9 Å². The molecule has 2 fully saturated rings. The predicted octanol–water partition coefficient (Wildman–Crippen LogP) is 5.48. The van der Waals surface area contributed by atoms with E-state index in [-0.39, 0.29) is 11.6 Å². The van der Waals surface area contributed by atoms with Crippen LogP contribution in [0.15, 0.2) is 48.5 Å². The average Bonchev–Trinajstić information content (AvgIpc) is 3.37. The van der Waals surface area contributed by atoms with Crippen LogP contribution in [0, 0.1) is 23.1 Å². The molecule has 2 aromatic carbocycles. The summed E-state index contributed by atoms with van der Waals surface area (Å²) in [5.74, 6) is 0.728. The van der Waals surface area contributed by atoms with E-state index in [4.69, 9.17) is 20.8 Å². The Morgan fingerprint density at radius 3 is 2.53 bits per heavy atom. The minimum Gasteiger partial charge on any atom is -0.378 e. The smallest absolute Gasteiger partial charge is 0.149 e. The number of rotatable bonds is 8. The average molecular weight is 517 g/mol. The molecule has 1 saturated carbocycles. The van der Waals surface area contributed by atoms with Gasteiger partial charge in [0.05, 0.1) is 23.0 Å². The number of nitriles is 1. The molecule has 200 valence electrons. The minimum absolute atomic E-state index is 0.0317. The summed E-state index contributed by atoms with van der Waals surface area (Å²) >= 11 is 0. The first-order valence-corrected chi connectivity index (χ1v) is 13.8. The Labute approximate surface area is 224 Å². The van der Waals surface area contributed by atoms with Gasteiger partial charge in [-0.15, -0.1) is 5.10 Å². The Morgan fingerprint density at radius 1 is 1.08 bits per heavy atom. The number of hydrogen-bond donors (Lipinski definition) is 2. The molecule has 2 aliphatic rings. The van der Waals surface area contributed by atoms with E-state index in [1.807, 2.05) is 23.7 Å². The molecule has 2 atom stereocenters. The summed E-state index contributed by atoms with van der Waals surface area (Å²) in [4.78, 5) is 2.39. The van der Waals surface area contributed by atoms with Crippen LogP contribution in [0.2, 0.25) is 0 Å². The lowest BCUT2D eigenvalue weighted by molar-refractivity contribution is 0.0459. The van der Waals surface area contributed by atoms with Gasteiger partial charge in [0.1, 0.15) is 17.7 Å². The van der Waals surface area contributed by atoms with E-state index >= 15 is 0 Å². The molecule has 0 unspecified atom stereocenters. The molecule has 7 nitrogen and oxygen atoms in total. The third-order valence-corrected chi connectivity index (χ3v) is 7.79. The Kier molecular flexibility index (Phi) is 8.26. The van der Waals surface area contributed by atoms with E-state index in [0.29, 0.717) is 17.6 Å². The zero-order chi connectivity index (χ0) is 26.5. The second-order valence-corrected chi connectivity index (χ2v) is 10.5. The van der Waals surface area contributed by atoms with E-state index in [0.717, 1.165) is 75.5 Å². The highest BCUT2D eigenvalue weighted by Gasteiger charge is 2.22. The fraction of sp³-hybridized carbons (Fsp3) is 0.467. The number of ether oxygens (including phenoxy) is 1. The van der Waals surface area contributed by atoms with Gasteiger partial charge >= 0.3 is 0 Å². The van der Waals surface area contributed by atoms with Crippen molar-refractivity contribution in [1.29, 1.82) is 5.26 Å². The molecule has 5 rings (SSSR count). The number of nitrogens with zero attached hydrogens (tertiary/aromatic N) is 4. The number of nitrogens with two attached hydrogens (primary N) is 1. The van der Waals surface area contributed by atoms with Crippen LogP contribution in [0.4, 0.5) is 15.9 Å². The monoisotopic (exact) mass is 516 g/mol. The molecule has 0 bridgehead atoms. The van der Waals surface area contributed by atoms with E-state index in [1.54, 1.807) is 6.07 Å². The Bertz CT molecular complexity index is 1260. The molecule has 3 N–H and O–H groups in total. The van der Waals surface area contributed by atoms with E-state index in [9.17, 15) is 4.39 Å². The summed E-state index contributed by atoms with van der Waals surface area (Å²) in [5, 5.41) is 17.5. The summed E-state index contributed by atoms with van der Waals surface area (Å²) in [6.07, 6.45) is 6.86. The SMILES string of the molecule is CCOC1CCN(c2ccc(-n3nc(NC[C@H]4CCC[C@H](N)C4)cc3-c3ccc(C#N)c(F)c3)cc2)CC1. The second kappa shape index (κ2) is 12.0. The first-order valence-electron chi connectivity index (χ1n) is 13.8. The maximum atomic E-state index is 14.5. The molecule has 1 aromatic heterocycles. The maximum Gasteiger partial charge on any atom is 0.149 e. The third-order valence-electron chi connectivity index (χ3n) is 7.79. The van der Waals surface area contributed by atoms with Gasteiger partial charge in [-0.1, -0.05) is 12.5 Å². The van der Waals surface area contributed by atoms with Crippen LogP contribution >= 0.6 is 0 Å². The van der Waals surface area contributed by atoms with Gasteiger partial charge in [-0.2, -0.15) is 5.26 Å². The molecule has 0 amide bonds. The van der Waals surface area contributed by atoms with Crippen molar-refractivity contribution in [1.82, 2.24) is 9.78 Å². The van der Waals surface area contributed by atoms with Crippen molar-refractivity contribution < 1.29 is 9.13 Å². The molecule has 38 heavy (non-hydrogen) atoms. The Morgan fingerprint density at radius 2 is 1.84 bits per heavy atom. The molecule has 0 radical (unpaired) electrons. The predicted molar refractivity (Wildman–Crippen MR) is 149 cm³/mol. The van der Waals surface area contributed by atoms with Crippen molar-refractivity contribution in [3.8, 4) is 23.0 Å². The lowest BCUT2D eigenvalue weighted by Crippen LogP contribution is -2.37. The van der Waals surface area contributed by atoms with E-state index in [2.05, 4.69) is 34.5 Å². The van der Waals surface area contributed by atoms with Crippen molar-refractivity contribution in [3.63, 3.8) is 0 Å². The first kappa shape index (κ1) is 26.2. The zero-order valence-electron chi connectivity index (χ0n) is 22.1. The van der Waals surface area contributed by atoms with E-state index in [1.165, 1.54) is 24.2 Å². The fourth-order valence-corrected chi connectivity index (χ4v) is 5.72. The number of aromatic nitrogens is 2. The lowest BCUT2D eigenvalue weighted by Gasteiger charge is -2.33. The fourth-order valence-electron chi connectivity index (χ4n) is 5.72. The van der Waals surface area contributed by atoms with Crippen molar-refractivity contribution >= 4 is 11.5 Å². The molecule has 1 saturated heterocycles. The van der Waals surface area contributed by atoms with Gasteiger partial charge in [-0.25, -0.2) is 9.07 Å². The van der Waals surface area contributed by atoms with Crippen LogP contribution < -0.4 is 16.0 Å². The highest BCUT2D eigenvalue weighted by Crippen LogP contribution is 2.30. The van der Waals surface area contributed by atoms with Crippen LogP contribution in [0.1, 0.15) is 51.0 Å². The van der Waals surface area contributed by atoms with Crippen molar-refractivity contribution in [2.75, 3.05) is 36.5 Å². The summed E-state index contributed by atoms with van der Waals surface area (Å²) in [5.41, 5.74) is 9.72. The van der Waals surface area contributed by atoms with Crippen LogP contribution in [-0.2, 0) is 4.74 Å². The normalized spacial score (nSPS) is 20.3.